The van der Waals surface area contributed by atoms with E-state index < -0.39 is 0 Å². The first-order valence-electron chi connectivity index (χ1n) is 7.67. The number of nitrogens with one attached hydrogen (secondary N) is 1. The molecule has 0 amide bonds. The lowest BCUT2D eigenvalue weighted by Crippen LogP contribution is -2.57. The van der Waals surface area contributed by atoms with Crippen LogP contribution in [0.1, 0.15) is 40.2 Å². The normalized spacial score (nSPS) is 20.6. The molecule has 1 fully saturated rings. The zero-order valence-electron chi connectivity index (χ0n) is 13.8. The molecule has 0 unspecified atom stereocenters. The molecule has 2 rings (SSSR count). The molecule has 0 aromatic heterocycles. The maximum atomic E-state index is 6.16. The van der Waals surface area contributed by atoms with Gasteiger partial charge in [0.1, 0.15) is 0 Å². The fraction of sp³-hybridized carbons (Fsp3) is 0.647. The van der Waals surface area contributed by atoms with Crippen molar-refractivity contribution in [2.24, 2.45) is 0 Å². The van der Waals surface area contributed by atoms with Crippen LogP contribution in [0.4, 0.5) is 5.69 Å². The second kappa shape index (κ2) is 6.27. The molecule has 21 heavy (non-hydrogen) atoms. The van der Waals surface area contributed by atoms with Crippen LogP contribution in [0.15, 0.2) is 22.7 Å². The van der Waals surface area contributed by atoms with E-state index in [-0.39, 0.29) is 11.2 Å². The highest BCUT2D eigenvalue weighted by Crippen LogP contribution is 2.35. The summed E-state index contributed by atoms with van der Waals surface area (Å²) < 4.78 is 7.32. The predicted octanol–water partition coefficient (Wildman–Crippen LogP) is 3.95. The Bertz CT molecular complexity index is 484. The van der Waals surface area contributed by atoms with E-state index in [1.807, 2.05) is 0 Å². The summed E-state index contributed by atoms with van der Waals surface area (Å²) in [6, 6.07) is 6.64. The van der Waals surface area contributed by atoms with Crippen molar-refractivity contribution in [2.45, 2.75) is 52.4 Å². The van der Waals surface area contributed by atoms with E-state index in [0.29, 0.717) is 0 Å². The lowest BCUT2D eigenvalue weighted by Gasteiger charge is -2.48. The molecule has 0 atom stereocenters. The van der Waals surface area contributed by atoms with Crippen molar-refractivity contribution in [3.63, 3.8) is 0 Å². The Morgan fingerprint density at radius 3 is 2.33 bits per heavy atom. The maximum absolute atomic E-state index is 6.16. The van der Waals surface area contributed by atoms with Crippen LogP contribution in [0, 0.1) is 0 Å². The maximum Gasteiger partial charge on any atom is 0.0808 e. The van der Waals surface area contributed by atoms with Gasteiger partial charge >= 0.3 is 0 Å². The molecule has 0 aliphatic carbocycles. The summed E-state index contributed by atoms with van der Waals surface area (Å²) in [5.74, 6) is 0. The Morgan fingerprint density at radius 1 is 1.19 bits per heavy atom. The van der Waals surface area contributed by atoms with Gasteiger partial charge in [0.05, 0.1) is 16.9 Å². The van der Waals surface area contributed by atoms with Crippen LogP contribution in [-0.2, 0) is 11.3 Å². The fourth-order valence-corrected chi connectivity index (χ4v) is 3.82. The van der Waals surface area contributed by atoms with Crippen molar-refractivity contribution < 1.29 is 4.74 Å². The molecular formula is C17H27BrN2O. The van der Waals surface area contributed by atoms with Gasteiger partial charge < -0.3 is 15.0 Å². The quantitative estimate of drug-likeness (QED) is 0.885. The highest BCUT2D eigenvalue weighted by Gasteiger charge is 2.38. The Labute approximate surface area is 137 Å². The summed E-state index contributed by atoms with van der Waals surface area (Å²) in [7, 11) is 0. The standard InChI is InChI=1S/C17H27BrN2O/c1-6-19-10-13-7-8-15(14(18)9-13)20-11-16(2,3)21-17(4,5)12-20/h7-9,19H,6,10-12H2,1-5H3. The second-order valence-corrected chi connectivity index (χ2v) is 7.90. The third kappa shape index (κ3) is 4.44. The molecule has 0 radical (unpaired) electrons. The largest absolute Gasteiger partial charge is 0.366 e. The van der Waals surface area contributed by atoms with Crippen LogP contribution < -0.4 is 10.2 Å². The first-order chi connectivity index (χ1) is 9.72. The molecule has 1 heterocycles. The summed E-state index contributed by atoms with van der Waals surface area (Å²) >= 11 is 3.74. The number of rotatable bonds is 4. The predicted molar refractivity (Wildman–Crippen MR) is 93.0 cm³/mol. The Morgan fingerprint density at radius 2 is 1.81 bits per heavy atom. The molecular weight excluding hydrogens is 328 g/mol. The lowest BCUT2D eigenvalue weighted by molar-refractivity contribution is -0.133. The minimum absolute atomic E-state index is 0.135. The zero-order chi connectivity index (χ0) is 15.7. The number of benzene rings is 1. The SMILES string of the molecule is CCNCc1ccc(N2CC(C)(C)OC(C)(C)C2)c(Br)c1. The number of morpholine rings is 1. The monoisotopic (exact) mass is 354 g/mol. The van der Waals surface area contributed by atoms with Crippen LogP contribution >= 0.6 is 15.9 Å². The van der Waals surface area contributed by atoms with E-state index in [4.69, 9.17) is 4.74 Å². The Balaban J connectivity index is 2.21. The number of nitrogens with zero attached hydrogens (tertiary/aromatic N) is 1. The van der Waals surface area contributed by atoms with E-state index in [0.717, 1.165) is 30.7 Å². The summed E-state index contributed by atoms with van der Waals surface area (Å²) in [5.41, 5.74) is 2.28. The highest BCUT2D eigenvalue weighted by atomic mass is 79.9. The van der Waals surface area contributed by atoms with Gasteiger partial charge in [-0.2, -0.15) is 0 Å². The van der Waals surface area contributed by atoms with Crippen molar-refractivity contribution in [3.8, 4) is 0 Å². The number of ether oxygens (including phenoxy) is 1. The van der Waals surface area contributed by atoms with Crippen molar-refractivity contribution in [2.75, 3.05) is 24.5 Å². The summed E-state index contributed by atoms with van der Waals surface area (Å²) in [5, 5.41) is 3.36. The molecule has 4 heteroatoms. The van der Waals surface area contributed by atoms with Crippen molar-refractivity contribution in [1.82, 2.24) is 5.32 Å². The van der Waals surface area contributed by atoms with Crippen LogP contribution in [0.2, 0.25) is 0 Å². The second-order valence-electron chi connectivity index (χ2n) is 7.04. The van der Waals surface area contributed by atoms with Gasteiger partial charge in [-0.3, -0.25) is 0 Å². The first kappa shape index (κ1) is 16.8. The van der Waals surface area contributed by atoms with E-state index in [1.54, 1.807) is 0 Å². The van der Waals surface area contributed by atoms with Gasteiger partial charge in [-0.1, -0.05) is 13.0 Å². The third-order valence-corrected chi connectivity index (χ3v) is 4.26. The molecule has 1 aliphatic heterocycles. The smallest absolute Gasteiger partial charge is 0.0808 e. The van der Waals surface area contributed by atoms with Crippen molar-refractivity contribution >= 4 is 21.6 Å². The van der Waals surface area contributed by atoms with Gasteiger partial charge in [-0.05, 0) is 67.9 Å². The fourth-order valence-electron chi connectivity index (χ4n) is 3.14. The Hall–Kier alpha value is -0.580. The van der Waals surface area contributed by atoms with Gasteiger partial charge in [0.25, 0.3) is 0 Å². The van der Waals surface area contributed by atoms with Crippen molar-refractivity contribution in [1.29, 1.82) is 0 Å². The molecule has 3 nitrogen and oxygen atoms in total. The molecule has 0 bridgehead atoms. The topological polar surface area (TPSA) is 24.5 Å². The van der Waals surface area contributed by atoms with E-state index in [2.05, 4.69) is 79.0 Å². The van der Waals surface area contributed by atoms with Gasteiger partial charge in [-0.25, -0.2) is 0 Å². The lowest BCUT2D eigenvalue weighted by atomic mass is 9.98. The van der Waals surface area contributed by atoms with Gasteiger partial charge in [0, 0.05) is 24.1 Å². The average molecular weight is 355 g/mol. The Kier molecular flexibility index (Phi) is 5.01. The van der Waals surface area contributed by atoms with Crippen molar-refractivity contribution in [3.05, 3.63) is 28.2 Å². The first-order valence-corrected chi connectivity index (χ1v) is 8.46. The molecule has 1 N–H and O–H groups in total. The molecule has 0 spiro atoms. The van der Waals surface area contributed by atoms with Crippen LogP contribution in [0.25, 0.3) is 0 Å². The summed E-state index contributed by atoms with van der Waals surface area (Å²) in [6.07, 6.45) is 0. The van der Waals surface area contributed by atoms with Crippen LogP contribution in [0.5, 0.6) is 0 Å². The van der Waals surface area contributed by atoms with Crippen LogP contribution in [-0.4, -0.2) is 30.8 Å². The summed E-state index contributed by atoms with van der Waals surface area (Å²) in [6.45, 7) is 14.5. The van der Waals surface area contributed by atoms with E-state index >= 15 is 0 Å². The van der Waals surface area contributed by atoms with E-state index in [1.165, 1.54) is 11.3 Å². The minimum atomic E-state index is -0.135. The zero-order valence-corrected chi connectivity index (χ0v) is 15.4. The van der Waals surface area contributed by atoms with Crippen LogP contribution in [0.3, 0.4) is 0 Å². The number of anilines is 1. The third-order valence-electron chi connectivity index (χ3n) is 3.63. The summed E-state index contributed by atoms with van der Waals surface area (Å²) in [4.78, 5) is 2.42. The molecule has 1 aliphatic rings. The number of hydrogen-bond acceptors (Lipinski definition) is 3. The van der Waals surface area contributed by atoms with E-state index in [9.17, 15) is 0 Å². The highest BCUT2D eigenvalue weighted by molar-refractivity contribution is 9.10. The van der Waals surface area contributed by atoms with Gasteiger partial charge in [-0.15, -0.1) is 0 Å². The van der Waals surface area contributed by atoms with Gasteiger partial charge in [0.2, 0.25) is 0 Å². The molecule has 1 saturated heterocycles. The minimum Gasteiger partial charge on any atom is -0.366 e. The molecule has 118 valence electrons. The van der Waals surface area contributed by atoms with Gasteiger partial charge in [0.15, 0.2) is 0 Å². The molecule has 0 saturated carbocycles. The molecule has 1 aromatic rings. The molecule has 1 aromatic carbocycles. The number of hydrogen-bond donors (Lipinski definition) is 1. The number of halogens is 1. The average Bonchev–Trinajstić information content (AvgIpc) is 2.32.